The molecule has 0 aliphatic heterocycles. The third kappa shape index (κ3) is 27.3. The maximum Gasteiger partial charge on any atom is 0.318 e. The molecule has 35 unspecified atom stereocenters. The van der Waals surface area contributed by atoms with Gasteiger partial charge >= 0.3 is 9.28 Å². The molecule has 35 atom stereocenters. The fourth-order valence-electron chi connectivity index (χ4n) is 33.4. The standard InChI is InChI=1S/5C15H20F3O.C9H14Si.C6H18N2Si.C5H14O2Si.C3H9ClSi.C2H6Cl2Si.5Rf/c5*16-15(17,18)12(19)6-9-4-10-5-11(9)14-8-2-1-7(3-8)13(10)14;1-10(2,3)9-7-5-4-6-8-9;1-7(2)9(5,6)8(3)4;1-4-6-8(3)7-5-2;2*1-5(2,3)4;;;;;/h5*7-11,13-14,19H,1-6H2;4-8H,1-3H3;1-6H3;8H,4-5H2,1-3H3;1-3H3;1-2H3;;;;;/q5*-1;;;;;;;;;;. The fraction of sp³-hybridized carbons (Fsp3) is 0.890. The largest absolute Gasteiger partial charge is 0.554 e. The summed E-state index contributed by atoms with van der Waals surface area (Å²) in [6.07, 6.45) is 0.830. The molecule has 9 nitrogen and oxygen atoms in total. The maximum atomic E-state index is 12.5. The molecule has 0 radical (unpaired) electrons. The van der Waals surface area contributed by atoms with E-state index in [0.29, 0.717) is 88.8 Å². The molecule has 37 heteroatoms. The molecule has 21 rings (SSSR count). The van der Waals surface area contributed by atoms with Crippen LogP contribution in [0.2, 0.25) is 72.0 Å². The van der Waals surface area contributed by atoms with E-state index in [1.54, 1.807) is 0 Å². The van der Waals surface area contributed by atoms with Gasteiger partial charge in [0.15, 0.2) is 8.40 Å². The van der Waals surface area contributed by atoms with Crippen LogP contribution in [0.5, 0.6) is 0 Å². The van der Waals surface area contributed by atoms with Gasteiger partial charge in [-0.15, -0.1) is 54.3 Å². The van der Waals surface area contributed by atoms with Crippen molar-refractivity contribution in [1.29, 1.82) is 0 Å². The summed E-state index contributed by atoms with van der Waals surface area (Å²) in [6, 6.07) is 10.8. The second kappa shape index (κ2) is 45.6. The minimum Gasteiger partial charge on any atom is -0.554 e. The van der Waals surface area contributed by atoms with E-state index in [4.69, 9.17) is 42.1 Å². The van der Waals surface area contributed by atoms with Crippen molar-refractivity contribution < 1.29 is 100 Å². The maximum absolute atomic E-state index is 12.5. The van der Waals surface area contributed by atoms with Gasteiger partial charge in [0.2, 0.25) is 6.69 Å². The SMILES string of the molecule is CCO[SiH](C)OCC.CN(C)[Si](C)(C)N(C)C.C[Si](C)(C)Cl.C[Si](C)(C)c1ccccc1.C[Si](C)(Cl)Cl.O[C-](CC1CC2CC1C1C3CCC(C3)C21)C(F)(F)F.O[C-](CC1CC2CC1C1C3CCC(C3)C21)C(F)(F)F.O[C-](CC1CC2CC1C1C3CCC(C3)C21)C(F)(F)F.O[C-](CC1CC2CC1C1C3CCC(C3)C21)C(F)(F)F.O[C-](CC1CC2CC1C1C3CCC(C3)C21)C(F)(F)F.[Rf].[Rf].[Rf].[Rf].[Rf]. The minimum atomic E-state index is -4.52. The normalized spacial score (nSPS) is 38.8. The fourth-order valence-corrected chi connectivity index (χ4v) is 36.4. The van der Waals surface area contributed by atoms with Crippen LogP contribution in [0, 0.1) is 238 Å². The Bertz CT molecular complexity index is 3350. The first-order valence-electron chi connectivity index (χ1n) is 50.8. The number of nitrogens with zero attached hydrogens (tertiary/aromatic N) is 2. The second-order valence-electron chi connectivity index (χ2n) is 48.2. The third-order valence-corrected chi connectivity index (χ3v) is 46.0. The summed E-state index contributed by atoms with van der Waals surface area (Å²) in [5.74, 6) is 22.1. The summed E-state index contributed by atoms with van der Waals surface area (Å²) in [4.78, 5) is 0. The molecule has 20 aliphatic rings. The van der Waals surface area contributed by atoms with Crippen molar-refractivity contribution in [2.75, 3.05) is 41.4 Å². The Morgan fingerprint density at radius 1 is 0.314 bits per heavy atom. The number of halogens is 18. The molecule has 0 spiro atoms. The summed E-state index contributed by atoms with van der Waals surface area (Å²) in [7, 11) is 4.01. The Morgan fingerprint density at radius 2 is 0.482 bits per heavy atom. The van der Waals surface area contributed by atoms with Crippen molar-refractivity contribution in [2.24, 2.45) is 207 Å². The van der Waals surface area contributed by atoms with Crippen molar-refractivity contribution in [3.05, 3.63) is 60.9 Å². The topological polar surface area (TPSA) is 126 Å². The number of aliphatic hydroxyl groups is 5. The first-order chi connectivity index (χ1) is 61.0. The summed E-state index contributed by atoms with van der Waals surface area (Å²) < 4.78 is 202. The average molecular weight is 3370 g/mol. The van der Waals surface area contributed by atoms with Gasteiger partial charge in [0, 0.05) is 13.2 Å². The number of hydrogen-bond acceptors (Lipinski definition) is 9. The van der Waals surface area contributed by atoms with E-state index in [9.17, 15) is 91.4 Å². The molecule has 20 aliphatic carbocycles. The van der Waals surface area contributed by atoms with Gasteiger partial charge in [-0.1, -0.05) is 135 Å². The van der Waals surface area contributed by atoms with Crippen LogP contribution in [0.3, 0.4) is 0 Å². The summed E-state index contributed by atoms with van der Waals surface area (Å²) in [5.41, 5.74) is 0. The summed E-state index contributed by atoms with van der Waals surface area (Å²) >= 11 is 16.5. The Labute approximate surface area is 801 Å². The van der Waals surface area contributed by atoms with E-state index in [0.717, 1.165) is 166 Å². The third-order valence-electron chi connectivity index (χ3n) is 37.9. The van der Waals surface area contributed by atoms with Crippen molar-refractivity contribution in [2.45, 2.75) is 309 Å². The number of hydrogen-bond donors (Lipinski definition) is 5. The molecule has 20 fully saturated rings. The van der Waals surface area contributed by atoms with E-state index < -0.39 is 101 Å². The van der Waals surface area contributed by atoms with Gasteiger partial charge in [0.25, 0.3) is 30.9 Å². The van der Waals surface area contributed by atoms with Gasteiger partial charge in [0.1, 0.15) is 7.38 Å². The van der Waals surface area contributed by atoms with Gasteiger partial charge in [-0.25, -0.2) is 65.9 Å². The monoisotopic (exact) mass is 3370 g/mol. The molecule has 0 heterocycles. The van der Waals surface area contributed by atoms with E-state index in [1.807, 2.05) is 33.5 Å². The minimum absolute atomic E-state index is 0. The van der Waals surface area contributed by atoms with Crippen molar-refractivity contribution in [3.8, 4) is 0 Å². The zero-order chi connectivity index (χ0) is 97.5. The number of rotatable bonds is 17. The average Bonchev–Trinajstić information content (AvgIpc) is 1.58. The Kier molecular flexibility index (Phi) is 39.5. The van der Waals surface area contributed by atoms with Gasteiger partial charge in [-0.2, -0.15) is 11.1 Å². The molecule has 137 heavy (non-hydrogen) atoms. The van der Waals surface area contributed by atoms with E-state index in [-0.39, 0.29) is 61.7 Å². The van der Waals surface area contributed by atoms with Gasteiger partial charge in [-0.3, -0.25) is 0 Å². The zero-order valence-corrected chi connectivity index (χ0v) is 125. The number of aliphatic hydroxyl groups excluding tert-OH is 5. The van der Waals surface area contributed by atoms with Crippen LogP contribution in [0.1, 0.15) is 206 Å². The molecule has 5 N–H and O–H groups in total. The molecule has 0 aromatic heterocycles. The molecule has 1 aromatic rings. The predicted molar refractivity (Wildman–Crippen MR) is 506 cm³/mol. The van der Waals surface area contributed by atoms with Gasteiger partial charge in [-0.05, 0) is 413 Å². The number of fused-ring (bicyclic) bond motifs is 45. The van der Waals surface area contributed by atoms with Crippen LogP contribution >= 0.6 is 33.2 Å². The molecular formula is C100H161Cl3F15N2O7Rf5Si5-5. The molecular weight excluding hydrogens is 3210 g/mol. The molecule has 0 saturated heterocycles. The van der Waals surface area contributed by atoms with Gasteiger partial charge in [0.05, 0.1) is 8.07 Å². The van der Waals surface area contributed by atoms with Crippen LogP contribution in [-0.4, -0.2) is 147 Å². The Morgan fingerprint density at radius 3 is 0.613 bits per heavy atom. The van der Waals surface area contributed by atoms with E-state index in [2.05, 4.69) is 120 Å². The van der Waals surface area contributed by atoms with Crippen LogP contribution in [0.15, 0.2) is 30.3 Å². The molecule has 1 aromatic carbocycles. The Hall–Kier alpha value is -5.24. The van der Waals surface area contributed by atoms with Crippen molar-refractivity contribution >= 4 is 78.3 Å². The number of alkyl halides is 15. The van der Waals surface area contributed by atoms with Crippen LogP contribution in [-0.2, 0) is 8.85 Å². The molecule has 0 amide bonds. The first-order valence-corrected chi connectivity index (χ1v) is 68.9. The molecule has 774 valence electrons. The predicted octanol–water partition coefficient (Wildman–Crippen LogP) is 29.0. The smallest absolute Gasteiger partial charge is 0.318 e. The molecule has 20 bridgehead atoms. The van der Waals surface area contributed by atoms with Crippen molar-refractivity contribution in [3.63, 3.8) is 0 Å². The van der Waals surface area contributed by atoms with E-state index in [1.165, 1.54) is 101 Å². The summed E-state index contributed by atoms with van der Waals surface area (Å²) in [5, 5.41) is 47.7. The van der Waals surface area contributed by atoms with Crippen molar-refractivity contribution in [1.82, 2.24) is 9.13 Å². The van der Waals surface area contributed by atoms with Crippen LogP contribution in [0.4, 0.5) is 65.9 Å². The molecule has 20 saturated carbocycles. The first kappa shape index (κ1) is 119. The Balaban J connectivity index is 0.000000212. The quantitative estimate of drug-likeness (QED) is 0.0341. The zero-order valence-electron chi connectivity index (χ0n) is 85.1. The van der Waals surface area contributed by atoms with Crippen LogP contribution in [0.25, 0.3) is 0 Å². The van der Waals surface area contributed by atoms with E-state index >= 15 is 0 Å². The number of benzene rings is 1. The second-order valence-corrected chi connectivity index (χ2v) is 76.3. The van der Waals surface area contributed by atoms with Gasteiger partial charge < -0.3 is 43.5 Å². The van der Waals surface area contributed by atoms with Crippen LogP contribution < -0.4 is 5.19 Å². The summed E-state index contributed by atoms with van der Waals surface area (Å²) in [6.45, 7) is 27.6.